The number of Topliss-reactive ketones (excluding diaryl/α,β-unsaturated/α-hetero) is 1. The number of rotatable bonds is 6. The third-order valence-electron chi connectivity index (χ3n) is 5.09. The Morgan fingerprint density at radius 2 is 1.66 bits per heavy atom. The maximum atomic E-state index is 12.5. The van der Waals surface area contributed by atoms with E-state index in [1.165, 1.54) is 19.1 Å². The molecular formula is C22H24N2O5. The summed E-state index contributed by atoms with van der Waals surface area (Å²) >= 11 is 0. The molecule has 0 bridgehead atoms. The van der Waals surface area contributed by atoms with Gasteiger partial charge in [0.2, 0.25) is 5.78 Å². The quantitative estimate of drug-likeness (QED) is 0.313. The highest BCUT2D eigenvalue weighted by atomic mass is 16.6. The molecule has 0 unspecified atom stereocenters. The topological polar surface area (TPSA) is 89.8 Å². The number of hydrogen-bond donors (Lipinski definition) is 0. The number of anilines is 1. The summed E-state index contributed by atoms with van der Waals surface area (Å²) in [7, 11) is 0. The third kappa shape index (κ3) is 4.80. The molecule has 1 atom stereocenters. The second-order valence-corrected chi connectivity index (χ2v) is 7.29. The van der Waals surface area contributed by atoms with Crippen LogP contribution < -0.4 is 4.90 Å². The summed E-state index contributed by atoms with van der Waals surface area (Å²) in [4.78, 5) is 38.0. The molecule has 0 aromatic heterocycles. The predicted octanol–water partition coefficient (Wildman–Crippen LogP) is 4.32. The van der Waals surface area contributed by atoms with Crippen molar-refractivity contribution in [3.63, 3.8) is 0 Å². The third-order valence-corrected chi connectivity index (χ3v) is 5.09. The molecule has 0 amide bonds. The van der Waals surface area contributed by atoms with Gasteiger partial charge in [0.15, 0.2) is 6.10 Å². The van der Waals surface area contributed by atoms with Crippen LogP contribution >= 0.6 is 0 Å². The molecule has 0 aliphatic carbocycles. The van der Waals surface area contributed by atoms with Crippen molar-refractivity contribution in [1.29, 1.82) is 0 Å². The van der Waals surface area contributed by atoms with E-state index < -0.39 is 17.0 Å². The van der Waals surface area contributed by atoms with Crippen LogP contribution in [-0.2, 0) is 4.74 Å². The van der Waals surface area contributed by atoms with Gasteiger partial charge >= 0.3 is 5.97 Å². The summed E-state index contributed by atoms with van der Waals surface area (Å²) < 4.78 is 5.28. The van der Waals surface area contributed by atoms with Crippen LogP contribution in [0.5, 0.6) is 0 Å². The maximum Gasteiger partial charge on any atom is 0.339 e. The Morgan fingerprint density at radius 3 is 2.28 bits per heavy atom. The SMILES string of the molecule is Cc1ccc(C(=O)[C@@H](C)OC(=O)c2ccc(N3CCCCC3)c([N+](=O)[O-])c2)cc1. The Morgan fingerprint density at radius 1 is 1.03 bits per heavy atom. The van der Waals surface area contributed by atoms with Gasteiger partial charge in [0, 0.05) is 24.7 Å². The zero-order valence-electron chi connectivity index (χ0n) is 16.6. The first kappa shape index (κ1) is 20.5. The van der Waals surface area contributed by atoms with Crippen molar-refractivity contribution in [2.45, 2.75) is 39.2 Å². The lowest BCUT2D eigenvalue weighted by Gasteiger charge is -2.28. The molecule has 152 valence electrons. The van der Waals surface area contributed by atoms with Crippen LogP contribution in [0.25, 0.3) is 0 Å². The Bertz CT molecular complexity index is 917. The highest BCUT2D eigenvalue weighted by molar-refractivity contribution is 6.01. The van der Waals surface area contributed by atoms with E-state index in [2.05, 4.69) is 0 Å². The minimum absolute atomic E-state index is 0.0565. The number of piperidine rings is 1. The van der Waals surface area contributed by atoms with Crippen LogP contribution in [0, 0.1) is 17.0 Å². The number of hydrogen-bond acceptors (Lipinski definition) is 6. The summed E-state index contributed by atoms with van der Waals surface area (Å²) in [5.74, 6) is -1.08. The fraction of sp³-hybridized carbons (Fsp3) is 0.364. The number of nitrogens with zero attached hydrogens (tertiary/aromatic N) is 2. The van der Waals surface area contributed by atoms with Crippen molar-refractivity contribution in [1.82, 2.24) is 0 Å². The van der Waals surface area contributed by atoms with E-state index in [1.54, 1.807) is 18.2 Å². The zero-order valence-corrected chi connectivity index (χ0v) is 16.6. The molecule has 0 spiro atoms. The van der Waals surface area contributed by atoms with Gasteiger partial charge in [-0.2, -0.15) is 0 Å². The first-order chi connectivity index (χ1) is 13.9. The zero-order chi connectivity index (χ0) is 21.0. The first-order valence-corrected chi connectivity index (χ1v) is 9.72. The van der Waals surface area contributed by atoms with E-state index >= 15 is 0 Å². The molecule has 7 nitrogen and oxygen atoms in total. The Labute approximate surface area is 169 Å². The normalized spacial score (nSPS) is 14.9. The highest BCUT2D eigenvalue weighted by Gasteiger charge is 2.25. The Hall–Kier alpha value is -3.22. The van der Waals surface area contributed by atoms with Gasteiger partial charge in [-0.15, -0.1) is 0 Å². The number of carbonyl (C=O) groups is 2. The number of ether oxygens (including phenoxy) is 1. The van der Waals surface area contributed by atoms with Crippen molar-refractivity contribution in [2.75, 3.05) is 18.0 Å². The summed E-state index contributed by atoms with van der Waals surface area (Å²) in [6.07, 6.45) is 2.09. The summed E-state index contributed by atoms with van der Waals surface area (Å²) in [5, 5.41) is 11.6. The lowest BCUT2D eigenvalue weighted by Crippen LogP contribution is -2.30. The summed E-state index contributed by atoms with van der Waals surface area (Å²) in [6.45, 7) is 4.92. The van der Waals surface area contributed by atoms with Gasteiger partial charge in [-0.1, -0.05) is 29.8 Å². The molecule has 2 aromatic rings. The van der Waals surface area contributed by atoms with E-state index in [4.69, 9.17) is 4.74 Å². The number of ketones is 1. The number of nitro groups is 1. The van der Waals surface area contributed by atoms with Gasteiger partial charge in [0.05, 0.1) is 10.5 Å². The van der Waals surface area contributed by atoms with Gasteiger partial charge in [0.1, 0.15) is 5.69 Å². The fourth-order valence-electron chi connectivity index (χ4n) is 3.43. The van der Waals surface area contributed by atoms with Crippen LogP contribution in [0.4, 0.5) is 11.4 Å². The largest absolute Gasteiger partial charge is 0.451 e. The van der Waals surface area contributed by atoms with Gasteiger partial charge in [0.25, 0.3) is 5.69 Å². The van der Waals surface area contributed by atoms with Crippen LogP contribution in [0.15, 0.2) is 42.5 Å². The number of aryl methyl sites for hydroxylation is 1. The molecule has 0 N–H and O–H groups in total. The average molecular weight is 396 g/mol. The van der Waals surface area contributed by atoms with E-state index in [-0.39, 0.29) is 17.0 Å². The number of benzene rings is 2. The van der Waals surface area contributed by atoms with E-state index in [0.29, 0.717) is 11.3 Å². The van der Waals surface area contributed by atoms with Crippen molar-refractivity contribution in [2.24, 2.45) is 0 Å². The standard InChI is InChI=1S/C22H24N2O5/c1-15-6-8-17(9-7-15)21(25)16(2)29-22(26)18-10-11-19(20(14-18)24(27)28)23-12-4-3-5-13-23/h6-11,14,16H,3-5,12-13H2,1-2H3/t16-/m1/s1. The molecule has 1 aliphatic heterocycles. The van der Waals surface area contributed by atoms with Crippen LogP contribution in [0.1, 0.15) is 52.5 Å². The second kappa shape index (κ2) is 8.86. The lowest BCUT2D eigenvalue weighted by atomic mass is 10.1. The van der Waals surface area contributed by atoms with Crippen molar-refractivity contribution in [3.8, 4) is 0 Å². The van der Waals surface area contributed by atoms with E-state index in [1.807, 2.05) is 24.0 Å². The van der Waals surface area contributed by atoms with E-state index in [9.17, 15) is 19.7 Å². The molecule has 2 aromatic carbocycles. The Kier molecular flexibility index (Phi) is 6.26. The molecule has 0 saturated carbocycles. The molecular weight excluding hydrogens is 372 g/mol. The number of nitro benzene ring substituents is 1. The molecule has 1 saturated heterocycles. The first-order valence-electron chi connectivity index (χ1n) is 9.72. The second-order valence-electron chi connectivity index (χ2n) is 7.29. The average Bonchev–Trinajstić information content (AvgIpc) is 2.73. The van der Waals surface area contributed by atoms with E-state index in [0.717, 1.165) is 37.9 Å². The molecule has 29 heavy (non-hydrogen) atoms. The number of carbonyl (C=O) groups excluding carboxylic acids is 2. The molecule has 0 radical (unpaired) electrons. The van der Waals surface area contributed by atoms with Gasteiger partial charge in [-0.3, -0.25) is 14.9 Å². The van der Waals surface area contributed by atoms with Crippen molar-refractivity contribution in [3.05, 3.63) is 69.3 Å². The minimum Gasteiger partial charge on any atom is -0.451 e. The summed E-state index contributed by atoms with van der Waals surface area (Å²) in [5.41, 5.74) is 1.91. The monoisotopic (exact) mass is 396 g/mol. The van der Waals surface area contributed by atoms with Crippen LogP contribution in [0.3, 0.4) is 0 Å². The van der Waals surface area contributed by atoms with Crippen molar-refractivity contribution >= 4 is 23.1 Å². The molecule has 3 rings (SSSR count). The van der Waals surface area contributed by atoms with Gasteiger partial charge in [-0.05, 0) is 45.2 Å². The van der Waals surface area contributed by atoms with Gasteiger partial charge < -0.3 is 9.64 Å². The molecule has 1 fully saturated rings. The fourth-order valence-corrected chi connectivity index (χ4v) is 3.43. The predicted molar refractivity (Wildman–Crippen MR) is 110 cm³/mol. The smallest absolute Gasteiger partial charge is 0.339 e. The lowest BCUT2D eigenvalue weighted by molar-refractivity contribution is -0.384. The summed E-state index contributed by atoms with van der Waals surface area (Å²) in [6, 6.07) is 11.3. The van der Waals surface area contributed by atoms with Gasteiger partial charge in [-0.25, -0.2) is 4.79 Å². The molecule has 1 aliphatic rings. The molecule has 1 heterocycles. The number of esters is 1. The maximum absolute atomic E-state index is 12.5. The highest BCUT2D eigenvalue weighted by Crippen LogP contribution is 2.31. The minimum atomic E-state index is -0.994. The Balaban J connectivity index is 1.76. The van der Waals surface area contributed by atoms with Crippen LogP contribution in [0.2, 0.25) is 0 Å². The van der Waals surface area contributed by atoms with Crippen LogP contribution in [-0.4, -0.2) is 35.9 Å². The molecule has 7 heteroatoms. The van der Waals surface area contributed by atoms with Crippen molar-refractivity contribution < 1.29 is 19.2 Å².